The number of para-hydroxylation sites is 1. The molecule has 0 radical (unpaired) electrons. The maximum Gasteiger partial charge on any atom is 0.143 e. The molecule has 0 atom stereocenters. The maximum absolute atomic E-state index is 6.60. The summed E-state index contributed by atoms with van der Waals surface area (Å²) in [4.78, 5) is 2.32. The third-order valence-electron chi connectivity index (χ3n) is 8.49. The van der Waals surface area contributed by atoms with E-state index >= 15 is 0 Å². The topological polar surface area (TPSA) is 16.4 Å². The number of nitrogens with zero attached hydrogens (tertiary/aromatic N) is 1. The summed E-state index contributed by atoms with van der Waals surface area (Å²) in [5, 5.41) is 1.11. The summed E-state index contributed by atoms with van der Waals surface area (Å²) in [6.45, 7) is 0. The van der Waals surface area contributed by atoms with Crippen molar-refractivity contribution in [1.82, 2.24) is 0 Å². The molecule has 0 fully saturated rings. The predicted molar refractivity (Wildman–Crippen MR) is 193 cm³/mol. The van der Waals surface area contributed by atoms with Crippen LogP contribution >= 0.6 is 0 Å². The Kier molecular flexibility index (Phi) is 7.22. The van der Waals surface area contributed by atoms with Gasteiger partial charge in [-0.1, -0.05) is 146 Å². The number of anilines is 3. The predicted octanol–water partition coefficient (Wildman–Crippen LogP) is 12.6. The smallest absolute Gasteiger partial charge is 0.143 e. The second-order valence-corrected chi connectivity index (χ2v) is 11.4. The molecule has 8 rings (SSSR count). The Morgan fingerprint density at radius 1 is 0.326 bits per heavy atom. The zero-order chi connectivity index (χ0) is 30.7. The lowest BCUT2D eigenvalue weighted by Crippen LogP contribution is -2.10. The van der Waals surface area contributed by atoms with Crippen LogP contribution in [0.5, 0.6) is 0 Å². The van der Waals surface area contributed by atoms with Crippen LogP contribution < -0.4 is 4.90 Å². The summed E-state index contributed by atoms with van der Waals surface area (Å²) in [6.07, 6.45) is 0. The van der Waals surface area contributed by atoms with Gasteiger partial charge in [0.2, 0.25) is 0 Å². The Morgan fingerprint density at radius 3 is 1.35 bits per heavy atom. The van der Waals surface area contributed by atoms with Crippen LogP contribution in [0, 0.1) is 0 Å². The molecule has 0 aliphatic carbocycles. The highest BCUT2D eigenvalue weighted by Crippen LogP contribution is 2.43. The van der Waals surface area contributed by atoms with Gasteiger partial charge in [-0.05, 0) is 70.3 Å². The highest BCUT2D eigenvalue weighted by molar-refractivity contribution is 6.02. The second kappa shape index (κ2) is 12.1. The van der Waals surface area contributed by atoms with Gasteiger partial charge < -0.3 is 9.32 Å². The Labute approximate surface area is 269 Å². The van der Waals surface area contributed by atoms with E-state index in [1.54, 1.807) is 0 Å². The van der Waals surface area contributed by atoms with Crippen molar-refractivity contribution in [1.29, 1.82) is 0 Å². The largest absolute Gasteiger partial charge is 0.455 e. The molecule has 0 saturated heterocycles. The number of fused-ring (bicyclic) bond motifs is 1. The van der Waals surface area contributed by atoms with Gasteiger partial charge >= 0.3 is 0 Å². The SMILES string of the molecule is c1ccc(-c2ccc(N(c3ccc(-c4ccccc4)cc3)c3cccc(-c4oc5ccccc5c4-c4ccccc4)c3)cc2)cc1. The lowest BCUT2D eigenvalue weighted by atomic mass is 9.98. The summed E-state index contributed by atoms with van der Waals surface area (Å²) >= 11 is 0. The first-order chi connectivity index (χ1) is 22.8. The molecule has 0 unspecified atom stereocenters. The molecule has 2 heteroatoms. The quantitative estimate of drug-likeness (QED) is 0.184. The molecule has 0 aliphatic rings. The molecule has 0 spiro atoms. The van der Waals surface area contributed by atoms with Crippen molar-refractivity contribution in [2.45, 2.75) is 0 Å². The molecular weight excluding hydrogens is 558 g/mol. The van der Waals surface area contributed by atoms with E-state index in [2.05, 4.69) is 181 Å². The zero-order valence-corrected chi connectivity index (χ0v) is 25.3. The van der Waals surface area contributed by atoms with Gasteiger partial charge in [0.15, 0.2) is 0 Å². The van der Waals surface area contributed by atoms with Crippen LogP contribution in [0.4, 0.5) is 17.1 Å². The molecule has 2 nitrogen and oxygen atoms in total. The van der Waals surface area contributed by atoms with E-state index in [-0.39, 0.29) is 0 Å². The van der Waals surface area contributed by atoms with E-state index in [1.807, 2.05) is 12.1 Å². The first-order valence-corrected chi connectivity index (χ1v) is 15.6. The monoisotopic (exact) mass is 589 g/mol. The molecule has 0 saturated carbocycles. The van der Waals surface area contributed by atoms with Crippen molar-refractivity contribution in [3.63, 3.8) is 0 Å². The van der Waals surface area contributed by atoms with E-state index in [9.17, 15) is 0 Å². The number of benzene rings is 7. The molecule has 0 N–H and O–H groups in total. The van der Waals surface area contributed by atoms with Gasteiger partial charge in [0.05, 0.1) is 0 Å². The Morgan fingerprint density at radius 2 is 0.783 bits per heavy atom. The van der Waals surface area contributed by atoms with Gasteiger partial charge in [-0.25, -0.2) is 0 Å². The van der Waals surface area contributed by atoms with Crippen LogP contribution in [0.3, 0.4) is 0 Å². The van der Waals surface area contributed by atoms with Gasteiger partial charge in [-0.3, -0.25) is 0 Å². The van der Waals surface area contributed by atoms with Crippen LogP contribution in [-0.2, 0) is 0 Å². The average molecular weight is 590 g/mol. The van der Waals surface area contributed by atoms with Gasteiger partial charge in [-0.2, -0.15) is 0 Å². The van der Waals surface area contributed by atoms with Gasteiger partial charge in [-0.15, -0.1) is 0 Å². The van der Waals surface area contributed by atoms with Crippen LogP contribution in [0.25, 0.3) is 55.7 Å². The van der Waals surface area contributed by atoms with Crippen molar-refractivity contribution in [2.75, 3.05) is 4.90 Å². The minimum absolute atomic E-state index is 0.869. The van der Waals surface area contributed by atoms with Crippen molar-refractivity contribution in [3.05, 3.63) is 188 Å². The highest BCUT2D eigenvalue weighted by atomic mass is 16.3. The lowest BCUT2D eigenvalue weighted by Gasteiger charge is -2.26. The number of hydrogen-bond donors (Lipinski definition) is 0. The minimum atomic E-state index is 0.869. The van der Waals surface area contributed by atoms with Crippen molar-refractivity contribution >= 4 is 28.0 Å². The number of hydrogen-bond acceptors (Lipinski definition) is 2. The molecular formula is C44H31NO. The minimum Gasteiger partial charge on any atom is -0.455 e. The maximum atomic E-state index is 6.60. The van der Waals surface area contributed by atoms with Crippen molar-refractivity contribution < 1.29 is 4.42 Å². The van der Waals surface area contributed by atoms with Crippen molar-refractivity contribution in [3.8, 4) is 44.7 Å². The third kappa shape index (κ3) is 5.27. The van der Waals surface area contributed by atoms with E-state index in [0.29, 0.717) is 0 Å². The van der Waals surface area contributed by atoms with Crippen LogP contribution in [-0.4, -0.2) is 0 Å². The summed E-state index contributed by atoms with van der Waals surface area (Å²) in [5.74, 6) is 0.869. The number of furan rings is 1. The Bertz CT molecular complexity index is 2130. The standard InChI is InChI=1S/C44H31NO/c1-4-13-32(14-5-1)34-23-27-38(28-24-34)45(39-29-25-35(26-30-39)33-15-6-2-7-16-33)40-20-12-19-37(31-40)44-43(36-17-8-3-9-18-36)41-21-10-11-22-42(41)46-44/h1-31H. The molecule has 46 heavy (non-hydrogen) atoms. The summed E-state index contributed by atoms with van der Waals surface area (Å²) in [7, 11) is 0. The van der Waals surface area contributed by atoms with Crippen LogP contribution in [0.1, 0.15) is 0 Å². The van der Waals surface area contributed by atoms with E-state index < -0.39 is 0 Å². The van der Waals surface area contributed by atoms with E-state index in [4.69, 9.17) is 4.42 Å². The van der Waals surface area contributed by atoms with E-state index in [0.717, 1.165) is 50.5 Å². The van der Waals surface area contributed by atoms with E-state index in [1.165, 1.54) is 22.3 Å². The molecule has 0 aliphatic heterocycles. The van der Waals surface area contributed by atoms with Crippen LogP contribution in [0.15, 0.2) is 192 Å². The second-order valence-electron chi connectivity index (χ2n) is 11.4. The highest BCUT2D eigenvalue weighted by Gasteiger charge is 2.20. The fraction of sp³-hybridized carbons (Fsp3) is 0. The fourth-order valence-corrected chi connectivity index (χ4v) is 6.24. The number of rotatable bonds is 7. The lowest BCUT2D eigenvalue weighted by molar-refractivity contribution is 0.632. The van der Waals surface area contributed by atoms with Gasteiger partial charge in [0.25, 0.3) is 0 Å². The average Bonchev–Trinajstić information content (AvgIpc) is 3.54. The fourth-order valence-electron chi connectivity index (χ4n) is 6.24. The summed E-state index contributed by atoms with van der Waals surface area (Å²) < 4.78 is 6.60. The molecule has 0 bridgehead atoms. The third-order valence-corrected chi connectivity index (χ3v) is 8.49. The molecule has 8 aromatic rings. The van der Waals surface area contributed by atoms with Crippen LogP contribution in [0.2, 0.25) is 0 Å². The first kappa shape index (κ1) is 27.4. The molecule has 218 valence electrons. The Balaban J connectivity index is 1.26. The molecule has 0 amide bonds. The molecule has 1 aromatic heterocycles. The van der Waals surface area contributed by atoms with Crippen molar-refractivity contribution in [2.24, 2.45) is 0 Å². The first-order valence-electron chi connectivity index (χ1n) is 15.6. The molecule has 7 aromatic carbocycles. The van der Waals surface area contributed by atoms with Gasteiger partial charge in [0, 0.05) is 33.6 Å². The Hall–Kier alpha value is -6.12. The normalized spacial score (nSPS) is 11.0. The zero-order valence-electron chi connectivity index (χ0n) is 25.3. The summed E-state index contributed by atoms with van der Waals surface area (Å²) in [5.41, 5.74) is 12.1. The summed E-state index contributed by atoms with van der Waals surface area (Å²) in [6, 6.07) is 66.1. The molecule has 1 heterocycles. The van der Waals surface area contributed by atoms with Gasteiger partial charge in [0.1, 0.15) is 11.3 Å².